The Morgan fingerprint density at radius 3 is 2.18 bits per heavy atom. The molecule has 0 aliphatic rings. The van der Waals surface area contributed by atoms with Crippen molar-refractivity contribution in [3.05, 3.63) is 112 Å². The van der Waals surface area contributed by atoms with Crippen molar-refractivity contribution < 1.29 is 35.5 Å². The topological polar surface area (TPSA) is 59.3 Å². The van der Waals surface area contributed by atoms with E-state index in [1.807, 2.05) is 0 Å². The van der Waals surface area contributed by atoms with Crippen LogP contribution in [0.3, 0.4) is 0 Å². The minimum atomic E-state index is -4.84. The average molecular weight is 569 g/mol. The van der Waals surface area contributed by atoms with Gasteiger partial charge in [0, 0.05) is 17.0 Å². The molecule has 0 aliphatic heterocycles. The maximum Gasteiger partial charge on any atom is 0.435 e. The standard InChI is InChI=1S/C26H16ClF7N4O/c27-17-6-4-15(5-7-17)24(39)36-23(35-19-3-1-2-16(12-19)25(29,30)31)14-21-13-22(26(32,33)34)37-38(21)20-10-8-18(28)9-11-20/h1-13H,14H2,(H,35,36,39). The van der Waals surface area contributed by atoms with E-state index in [0.29, 0.717) is 11.1 Å². The van der Waals surface area contributed by atoms with Gasteiger partial charge in [-0.05, 0) is 72.8 Å². The molecule has 3 aromatic carbocycles. The Morgan fingerprint density at radius 1 is 0.897 bits per heavy atom. The van der Waals surface area contributed by atoms with E-state index >= 15 is 0 Å². The first-order valence-corrected chi connectivity index (χ1v) is 11.4. The highest BCUT2D eigenvalue weighted by Crippen LogP contribution is 2.32. The van der Waals surface area contributed by atoms with E-state index in [-0.39, 0.29) is 28.5 Å². The van der Waals surface area contributed by atoms with E-state index in [0.717, 1.165) is 35.0 Å². The van der Waals surface area contributed by atoms with Gasteiger partial charge in [-0.3, -0.25) is 4.79 Å². The number of aromatic nitrogens is 2. The molecule has 0 unspecified atom stereocenters. The molecule has 4 rings (SSSR count). The van der Waals surface area contributed by atoms with E-state index in [1.54, 1.807) is 0 Å². The van der Waals surface area contributed by atoms with E-state index in [9.17, 15) is 35.5 Å². The van der Waals surface area contributed by atoms with Crippen LogP contribution < -0.4 is 5.32 Å². The van der Waals surface area contributed by atoms with Crippen molar-refractivity contribution in [2.75, 3.05) is 0 Å². The van der Waals surface area contributed by atoms with Crippen LogP contribution >= 0.6 is 11.6 Å². The lowest BCUT2D eigenvalue weighted by atomic mass is 10.2. The smallest absolute Gasteiger partial charge is 0.310 e. The Bertz CT molecular complexity index is 1510. The quantitative estimate of drug-likeness (QED) is 0.155. The summed E-state index contributed by atoms with van der Waals surface area (Å²) in [4.78, 5) is 17.0. The molecule has 0 bridgehead atoms. The minimum absolute atomic E-state index is 0.0735. The summed E-state index contributed by atoms with van der Waals surface area (Å²) in [5.74, 6) is -1.64. The number of amidine groups is 1. The average Bonchev–Trinajstić information content (AvgIpc) is 3.29. The van der Waals surface area contributed by atoms with Crippen molar-refractivity contribution >= 4 is 29.0 Å². The van der Waals surface area contributed by atoms with Crippen molar-refractivity contribution in [2.24, 2.45) is 4.99 Å². The monoisotopic (exact) mass is 568 g/mol. The molecule has 202 valence electrons. The number of amides is 1. The van der Waals surface area contributed by atoms with Crippen LogP contribution in [0, 0.1) is 5.82 Å². The maximum absolute atomic E-state index is 13.5. The number of carbonyl (C=O) groups excluding carboxylic acids is 1. The Kier molecular flexibility index (Phi) is 7.77. The molecular formula is C26H16ClF7N4O. The first kappa shape index (κ1) is 27.8. The lowest BCUT2D eigenvalue weighted by Crippen LogP contribution is -2.32. The number of rotatable bonds is 5. The van der Waals surface area contributed by atoms with Gasteiger partial charge < -0.3 is 5.32 Å². The second kappa shape index (κ2) is 10.9. The summed E-state index contributed by atoms with van der Waals surface area (Å²) < 4.78 is 94.5. The fraction of sp³-hybridized carbons (Fsp3) is 0.115. The zero-order valence-electron chi connectivity index (χ0n) is 19.5. The number of hydrogen-bond acceptors (Lipinski definition) is 3. The molecule has 0 spiro atoms. The molecule has 0 radical (unpaired) electrons. The zero-order valence-corrected chi connectivity index (χ0v) is 20.2. The Morgan fingerprint density at radius 2 is 1.56 bits per heavy atom. The number of aliphatic imine (C=N–C) groups is 1. The summed E-state index contributed by atoms with van der Waals surface area (Å²) in [6.07, 6.45) is -10.0. The maximum atomic E-state index is 13.5. The summed E-state index contributed by atoms with van der Waals surface area (Å²) in [5.41, 5.74) is -2.44. The molecule has 0 fully saturated rings. The molecule has 0 atom stereocenters. The molecule has 39 heavy (non-hydrogen) atoms. The van der Waals surface area contributed by atoms with E-state index in [4.69, 9.17) is 11.6 Å². The molecular weight excluding hydrogens is 553 g/mol. The molecule has 0 saturated carbocycles. The first-order valence-electron chi connectivity index (χ1n) is 11.0. The van der Waals surface area contributed by atoms with Crippen molar-refractivity contribution in [3.8, 4) is 5.69 Å². The van der Waals surface area contributed by atoms with Crippen LogP contribution in [0.25, 0.3) is 5.69 Å². The summed E-state index contributed by atoms with van der Waals surface area (Å²) >= 11 is 5.84. The summed E-state index contributed by atoms with van der Waals surface area (Å²) in [6.45, 7) is 0. The summed E-state index contributed by atoms with van der Waals surface area (Å²) in [7, 11) is 0. The molecule has 1 N–H and O–H groups in total. The van der Waals surface area contributed by atoms with Gasteiger partial charge in [0.2, 0.25) is 0 Å². The van der Waals surface area contributed by atoms with Crippen molar-refractivity contribution in [3.63, 3.8) is 0 Å². The fourth-order valence-corrected chi connectivity index (χ4v) is 3.61. The van der Waals surface area contributed by atoms with Crippen LogP contribution in [0.1, 0.15) is 27.3 Å². The van der Waals surface area contributed by atoms with Gasteiger partial charge >= 0.3 is 12.4 Å². The van der Waals surface area contributed by atoms with Gasteiger partial charge in [0.05, 0.1) is 22.6 Å². The number of carbonyl (C=O) groups is 1. The number of halogens is 8. The molecule has 4 aromatic rings. The molecule has 1 aromatic heterocycles. The van der Waals surface area contributed by atoms with Crippen LogP contribution in [0.15, 0.2) is 83.9 Å². The van der Waals surface area contributed by atoms with Gasteiger partial charge in [0.25, 0.3) is 5.91 Å². The van der Waals surface area contributed by atoms with Crippen LogP contribution in [-0.2, 0) is 18.8 Å². The third-order valence-electron chi connectivity index (χ3n) is 5.30. The number of nitrogens with one attached hydrogen (secondary N) is 1. The first-order chi connectivity index (χ1) is 18.3. The molecule has 1 amide bonds. The van der Waals surface area contributed by atoms with Crippen molar-refractivity contribution in [2.45, 2.75) is 18.8 Å². The van der Waals surface area contributed by atoms with Gasteiger partial charge in [-0.15, -0.1) is 0 Å². The van der Waals surface area contributed by atoms with E-state index in [2.05, 4.69) is 15.4 Å². The van der Waals surface area contributed by atoms with Gasteiger partial charge in [-0.1, -0.05) is 17.7 Å². The van der Waals surface area contributed by atoms with Crippen LogP contribution in [0.2, 0.25) is 5.02 Å². The van der Waals surface area contributed by atoms with Crippen LogP contribution in [0.5, 0.6) is 0 Å². The predicted molar refractivity (Wildman–Crippen MR) is 130 cm³/mol. The summed E-state index contributed by atoms with van der Waals surface area (Å²) in [5, 5.41) is 6.36. The Labute approximate surface area is 221 Å². The largest absolute Gasteiger partial charge is 0.435 e. The molecule has 0 saturated heterocycles. The SMILES string of the molecule is O=C(NC(Cc1cc(C(F)(F)F)nn1-c1ccc(F)cc1)=Nc1cccc(C(F)(F)F)c1)c1ccc(Cl)cc1. The number of hydrogen-bond donors (Lipinski definition) is 1. The van der Waals surface area contributed by atoms with E-state index in [1.165, 1.54) is 42.5 Å². The predicted octanol–water partition coefficient (Wildman–Crippen LogP) is 7.41. The highest BCUT2D eigenvalue weighted by Gasteiger charge is 2.35. The lowest BCUT2D eigenvalue weighted by Gasteiger charge is -2.12. The van der Waals surface area contributed by atoms with Crippen LogP contribution in [-0.4, -0.2) is 21.5 Å². The number of nitrogens with zero attached hydrogens (tertiary/aromatic N) is 3. The summed E-state index contributed by atoms with van der Waals surface area (Å²) in [6, 6.07) is 14.7. The lowest BCUT2D eigenvalue weighted by molar-refractivity contribution is -0.141. The molecule has 0 aliphatic carbocycles. The highest BCUT2D eigenvalue weighted by atomic mass is 35.5. The second-order valence-electron chi connectivity index (χ2n) is 8.15. The minimum Gasteiger partial charge on any atom is -0.310 e. The fourth-order valence-electron chi connectivity index (χ4n) is 3.49. The molecule has 5 nitrogen and oxygen atoms in total. The van der Waals surface area contributed by atoms with Gasteiger partial charge in [-0.2, -0.15) is 31.4 Å². The zero-order chi connectivity index (χ0) is 28.4. The van der Waals surface area contributed by atoms with Gasteiger partial charge in [0.15, 0.2) is 5.69 Å². The van der Waals surface area contributed by atoms with E-state index < -0.39 is 41.8 Å². The third-order valence-corrected chi connectivity index (χ3v) is 5.55. The highest BCUT2D eigenvalue weighted by molar-refractivity contribution is 6.30. The Balaban J connectivity index is 1.78. The van der Waals surface area contributed by atoms with Gasteiger partial charge in [-0.25, -0.2) is 14.1 Å². The van der Waals surface area contributed by atoms with Crippen molar-refractivity contribution in [1.82, 2.24) is 15.1 Å². The third kappa shape index (κ3) is 7.02. The second-order valence-corrected chi connectivity index (χ2v) is 8.59. The molecule has 1 heterocycles. The normalized spacial score (nSPS) is 12.5. The Hall–Kier alpha value is -4.19. The number of alkyl halides is 6. The van der Waals surface area contributed by atoms with Crippen molar-refractivity contribution in [1.29, 1.82) is 0 Å². The molecule has 13 heteroatoms. The number of benzene rings is 3. The van der Waals surface area contributed by atoms with Crippen LogP contribution in [0.4, 0.5) is 36.4 Å². The van der Waals surface area contributed by atoms with Gasteiger partial charge in [0.1, 0.15) is 11.7 Å².